The van der Waals surface area contributed by atoms with Gasteiger partial charge in [0.25, 0.3) is 5.56 Å². The number of thioether (sulfide) groups is 1. The molecule has 3 aromatic rings. The molecule has 8 nitrogen and oxygen atoms in total. The summed E-state index contributed by atoms with van der Waals surface area (Å²) in [7, 11) is 0. The minimum Gasteiger partial charge on any atom is -0.459 e. The second kappa shape index (κ2) is 11.3. The molecule has 1 fully saturated rings. The highest BCUT2D eigenvalue weighted by Crippen LogP contribution is 2.33. The first-order valence-electron chi connectivity index (χ1n) is 12.3. The zero-order valence-corrected chi connectivity index (χ0v) is 24.7. The van der Waals surface area contributed by atoms with E-state index in [0.717, 1.165) is 28.0 Å². The van der Waals surface area contributed by atoms with Gasteiger partial charge in [-0.05, 0) is 60.7 Å². The Bertz CT molecular complexity index is 1560. The molecule has 1 aromatic carbocycles. The number of carbonyl (C=O) groups excluding carboxylic acids is 1. The molecule has 0 spiro atoms. The van der Waals surface area contributed by atoms with Crippen LogP contribution in [0.2, 0.25) is 0 Å². The molecule has 0 radical (unpaired) electrons. The number of aromatic nitrogens is 1. The number of benzene rings is 1. The Morgan fingerprint density at radius 1 is 1.26 bits per heavy atom. The molecule has 0 N–H and O–H groups in total. The van der Waals surface area contributed by atoms with Crippen LogP contribution in [0.1, 0.15) is 38.1 Å². The minimum absolute atomic E-state index is 0.240. The highest BCUT2D eigenvalue weighted by atomic mass is 79.9. The molecule has 0 aliphatic carbocycles. The van der Waals surface area contributed by atoms with E-state index in [1.165, 1.54) is 11.3 Å². The highest BCUT2D eigenvalue weighted by Gasteiger charge is 2.34. The molecule has 1 saturated heterocycles. The van der Waals surface area contributed by atoms with Crippen LogP contribution in [0.3, 0.4) is 0 Å². The number of hydrogen-bond donors (Lipinski definition) is 0. The number of esters is 1. The Balaban J connectivity index is 1.62. The van der Waals surface area contributed by atoms with Crippen LogP contribution in [0.25, 0.3) is 6.08 Å². The van der Waals surface area contributed by atoms with Crippen LogP contribution < -0.4 is 19.8 Å². The smallest absolute Gasteiger partial charge is 0.338 e. The number of thiazole rings is 1. The van der Waals surface area contributed by atoms with Crippen LogP contribution >= 0.6 is 39.0 Å². The van der Waals surface area contributed by atoms with Gasteiger partial charge >= 0.3 is 5.97 Å². The molecule has 0 amide bonds. The van der Waals surface area contributed by atoms with Gasteiger partial charge in [-0.2, -0.15) is 0 Å². The molecule has 2 aliphatic heterocycles. The van der Waals surface area contributed by atoms with E-state index < -0.39 is 12.0 Å². The quantitative estimate of drug-likeness (QED) is 0.304. The molecule has 5 rings (SSSR count). The van der Waals surface area contributed by atoms with Crippen molar-refractivity contribution in [3.8, 4) is 0 Å². The van der Waals surface area contributed by atoms with E-state index in [1.807, 2.05) is 36.6 Å². The van der Waals surface area contributed by atoms with Gasteiger partial charge in [-0.3, -0.25) is 9.36 Å². The van der Waals surface area contributed by atoms with E-state index in [0.29, 0.717) is 45.5 Å². The molecule has 1 atom stereocenters. The summed E-state index contributed by atoms with van der Waals surface area (Å²) in [6, 6.07) is 9.09. The van der Waals surface area contributed by atoms with Crippen molar-refractivity contribution in [3.63, 3.8) is 0 Å². The fourth-order valence-corrected chi connectivity index (χ4v) is 6.51. The third-order valence-corrected chi connectivity index (χ3v) is 8.57. The lowest BCUT2D eigenvalue weighted by Gasteiger charge is -2.26. The summed E-state index contributed by atoms with van der Waals surface area (Å²) in [6.45, 7) is 8.14. The van der Waals surface area contributed by atoms with Gasteiger partial charge in [0.15, 0.2) is 4.80 Å². The summed E-state index contributed by atoms with van der Waals surface area (Å²) >= 11 is 6.49. The van der Waals surface area contributed by atoms with Crippen molar-refractivity contribution < 1.29 is 18.7 Å². The number of rotatable bonds is 6. The summed E-state index contributed by atoms with van der Waals surface area (Å²) in [5, 5.41) is 0. The van der Waals surface area contributed by atoms with Gasteiger partial charge in [0.1, 0.15) is 5.76 Å². The SMILES string of the molecule is CSc1ccc([C@H]2C(C(=O)OC(C)C)=C(C)N=c3s/c(=C/c4cc(Br)c(N5CCOCC5)o4)c(=O)n32)cc1. The molecular formula is C27H28BrN3O5S2. The van der Waals surface area contributed by atoms with Crippen molar-refractivity contribution in [2.45, 2.75) is 37.8 Å². The van der Waals surface area contributed by atoms with Crippen molar-refractivity contribution in [3.05, 3.63) is 77.1 Å². The zero-order valence-electron chi connectivity index (χ0n) is 21.5. The minimum atomic E-state index is -0.650. The molecular weight excluding hydrogens is 590 g/mol. The summed E-state index contributed by atoms with van der Waals surface area (Å²) < 4.78 is 20.0. The first-order valence-corrected chi connectivity index (χ1v) is 15.1. The average Bonchev–Trinajstić information content (AvgIpc) is 3.41. The molecule has 0 saturated carbocycles. The molecule has 0 bridgehead atoms. The van der Waals surface area contributed by atoms with Gasteiger partial charge in [-0.15, -0.1) is 11.8 Å². The number of ether oxygens (including phenoxy) is 2. The van der Waals surface area contributed by atoms with E-state index in [9.17, 15) is 9.59 Å². The Labute approximate surface area is 236 Å². The van der Waals surface area contributed by atoms with E-state index in [4.69, 9.17) is 13.9 Å². The summed E-state index contributed by atoms with van der Waals surface area (Å²) in [5.74, 6) is 0.799. The Hall–Kier alpha value is -2.60. The highest BCUT2D eigenvalue weighted by molar-refractivity contribution is 9.10. The Kier molecular flexibility index (Phi) is 7.99. The number of fused-ring (bicyclic) bond motifs is 1. The van der Waals surface area contributed by atoms with Crippen molar-refractivity contribution in [2.75, 3.05) is 37.5 Å². The average molecular weight is 619 g/mol. The zero-order chi connectivity index (χ0) is 27.0. The van der Waals surface area contributed by atoms with Crippen molar-refractivity contribution in [1.82, 2.24) is 4.57 Å². The van der Waals surface area contributed by atoms with Gasteiger partial charge in [-0.1, -0.05) is 23.5 Å². The topological polar surface area (TPSA) is 86.3 Å². The van der Waals surface area contributed by atoms with Gasteiger partial charge in [0.05, 0.1) is 45.6 Å². The number of allylic oxidation sites excluding steroid dienone is 1. The second-order valence-electron chi connectivity index (χ2n) is 9.21. The van der Waals surface area contributed by atoms with E-state index in [1.54, 1.807) is 43.2 Å². The third kappa shape index (κ3) is 5.29. The molecule has 38 heavy (non-hydrogen) atoms. The maximum absolute atomic E-state index is 13.8. The predicted molar refractivity (Wildman–Crippen MR) is 153 cm³/mol. The molecule has 2 aromatic heterocycles. The molecule has 11 heteroatoms. The van der Waals surface area contributed by atoms with Gasteiger partial charge < -0.3 is 18.8 Å². The summed E-state index contributed by atoms with van der Waals surface area (Å²) in [5.41, 5.74) is 1.48. The maximum Gasteiger partial charge on any atom is 0.338 e. The largest absolute Gasteiger partial charge is 0.459 e. The van der Waals surface area contributed by atoms with Crippen LogP contribution in [0.4, 0.5) is 5.88 Å². The number of halogens is 1. The molecule has 4 heterocycles. The van der Waals surface area contributed by atoms with Gasteiger partial charge in [0.2, 0.25) is 5.88 Å². The number of furan rings is 1. The molecule has 2 aliphatic rings. The van der Waals surface area contributed by atoms with Crippen molar-refractivity contribution in [1.29, 1.82) is 0 Å². The lowest BCUT2D eigenvalue weighted by Crippen LogP contribution is -2.40. The molecule has 0 unspecified atom stereocenters. The number of nitrogens with zero attached hydrogens (tertiary/aromatic N) is 3. The first kappa shape index (κ1) is 27.0. The van der Waals surface area contributed by atoms with E-state index in [2.05, 4.69) is 25.8 Å². The third-order valence-electron chi connectivity index (χ3n) is 6.28. The Morgan fingerprint density at radius 3 is 2.63 bits per heavy atom. The fourth-order valence-electron chi connectivity index (χ4n) is 4.52. The molecule has 200 valence electrons. The normalized spacial score (nSPS) is 18.1. The fraction of sp³-hybridized carbons (Fsp3) is 0.370. The standard InChI is InChI=1S/C27H28BrN3O5S2/c1-15(2)35-26(33)22-16(3)29-27-31(23(22)17-5-7-19(37-4)8-6-17)24(32)21(38-27)14-18-13-20(28)25(36-18)30-9-11-34-12-10-30/h5-8,13-15,23H,9-12H2,1-4H3/b21-14+/t23-/m0/s1. The predicted octanol–water partition coefficient (Wildman–Crippen LogP) is 4.10. The Morgan fingerprint density at radius 2 is 1.97 bits per heavy atom. The van der Waals surface area contributed by atoms with Crippen LogP contribution in [0, 0.1) is 0 Å². The van der Waals surface area contributed by atoms with E-state index >= 15 is 0 Å². The van der Waals surface area contributed by atoms with Crippen LogP contribution in [0.5, 0.6) is 0 Å². The summed E-state index contributed by atoms with van der Waals surface area (Å²) in [6.07, 6.45) is 3.44. The number of carbonyl (C=O) groups is 1. The van der Waals surface area contributed by atoms with Crippen molar-refractivity contribution >= 4 is 57.0 Å². The van der Waals surface area contributed by atoms with Crippen LogP contribution in [-0.2, 0) is 14.3 Å². The second-order valence-corrected chi connectivity index (χ2v) is 12.0. The lowest BCUT2D eigenvalue weighted by molar-refractivity contribution is -0.143. The first-order chi connectivity index (χ1) is 18.3. The number of hydrogen-bond acceptors (Lipinski definition) is 9. The van der Waals surface area contributed by atoms with E-state index in [-0.39, 0.29) is 11.7 Å². The van der Waals surface area contributed by atoms with Crippen molar-refractivity contribution in [2.24, 2.45) is 4.99 Å². The number of morpholine rings is 1. The monoisotopic (exact) mass is 617 g/mol. The lowest BCUT2D eigenvalue weighted by atomic mass is 9.96. The van der Waals surface area contributed by atoms with Crippen LogP contribution in [-0.4, -0.2) is 49.2 Å². The van der Waals surface area contributed by atoms with Gasteiger partial charge in [-0.25, -0.2) is 9.79 Å². The summed E-state index contributed by atoms with van der Waals surface area (Å²) in [4.78, 5) is 35.5. The van der Waals surface area contributed by atoms with Gasteiger partial charge in [0, 0.05) is 30.1 Å². The maximum atomic E-state index is 13.8. The van der Waals surface area contributed by atoms with Crippen LogP contribution in [0.15, 0.2) is 65.2 Å². The number of anilines is 1.